The molecule has 0 saturated carbocycles. The summed E-state index contributed by atoms with van der Waals surface area (Å²) in [4.78, 5) is 0.501. The Hall–Kier alpha value is -0.840. The van der Waals surface area contributed by atoms with Gasteiger partial charge in [-0.3, -0.25) is 4.18 Å². The van der Waals surface area contributed by atoms with Crippen LogP contribution in [0, 0.1) is 0 Å². The topological polar surface area (TPSA) is 66.8 Å². The maximum absolute atomic E-state index is 13.4. The molecule has 0 fully saturated rings. The van der Waals surface area contributed by atoms with Crippen LogP contribution in [0.15, 0.2) is 71.3 Å². The highest BCUT2D eigenvalue weighted by atomic mass is 79.9. The highest BCUT2D eigenvalue weighted by Gasteiger charge is 2.49. The number of benzene rings is 3. The van der Waals surface area contributed by atoms with Gasteiger partial charge in [-0.15, -0.1) is 0 Å². The first-order valence-corrected chi connectivity index (χ1v) is 12.9. The fourth-order valence-corrected chi connectivity index (χ4v) is 7.41. The molecule has 2 N–H and O–H groups in total. The molecule has 3 aromatic carbocycles. The van der Waals surface area contributed by atoms with Crippen LogP contribution in [-0.4, -0.2) is 20.3 Å². The maximum Gasteiger partial charge on any atom is 0.161 e. The van der Waals surface area contributed by atoms with Gasteiger partial charge in [0.2, 0.25) is 0 Å². The van der Waals surface area contributed by atoms with Crippen molar-refractivity contribution in [3.63, 3.8) is 0 Å². The number of hydrogen-bond donors (Lipinski definition) is 2. The van der Waals surface area contributed by atoms with Gasteiger partial charge in [0.25, 0.3) is 0 Å². The average Bonchev–Trinajstić information content (AvgIpc) is 2.92. The van der Waals surface area contributed by atoms with Gasteiger partial charge < -0.3 is 10.2 Å². The van der Waals surface area contributed by atoms with E-state index < -0.39 is 15.4 Å². The molecular formula is C20H12Br4O4S. The van der Waals surface area contributed by atoms with Gasteiger partial charge >= 0.3 is 0 Å². The first-order valence-electron chi connectivity index (χ1n) is 8.12. The van der Waals surface area contributed by atoms with Crippen molar-refractivity contribution in [2.75, 3.05) is 0 Å². The first kappa shape index (κ1) is 21.4. The third-order valence-electron chi connectivity index (χ3n) is 4.71. The number of hydrogen-bond acceptors (Lipinski definition) is 4. The summed E-state index contributed by atoms with van der Waals surface area (Å²) in [6.07, 6.45) is 0. The molecule has 0 aromatic heterocycles. The minimum Gasteiger partial charge on any atom is -0.506 e. The summed E-state index contributed by atoms with van der Waals surface area (Å²) in [5, 5.41) is 20.4. The summed E-state index contributed by atoms with van der Waals surface area (Å²) in [5.74, 6) is 3.92. The third-order valence-corrected chi connectivity index (χ3v) is 8.67. The van der Waals surface area contributed by atoms with Gasteiger partial charge in [-0.25, -0.2) is 4.21 Å². The van der Waals surface area contributed by atoms with Gasteiger partial charge in [0.1, 0.15) is 21.3 Å². The molecule has 1 atom stereocenters. The predicted molar refractivity (Wildman–Crippen MR) is 128 cm³/mol. The zero-order chi connectivity index (χ0) is 21.1. The van der Waals surface area contributed by atoms with E-state index in [1.807, 2.05) is 12.1 Å². The van der Waals surface area contributed by atoms with E-state index in [1.54, 1.807) is 36.4 Å². The van der Waals surface area contributed by atoms with E-state index in [2.05, 4.69) is 69.6 Å². The Morgan fingerprint density at radius 3 is 1.69 bits per heavy atom. The number of aromatic hydroxyl groups is 2. The van der Waals surface area contributed by atoms with Gasteiger partial charge in [-0.1, -0.05) is 18.2 Å². The molecular weight excluding hydrogens is 656 g/mol. The van der Waals surface area contributed by atoms with Gasteiger partial charge in [0.15, 0.2) is 5.60 Å². The summed E-state index contributed by atoms with van der Waals surface area (Å²) >= 11 is 13.5. The Morgan fingerprint density at radius 1 is 0.828 bits per heavy atom. The predicted octanol–water partition coefficient (Wildman–Crippen LogP) is 6.46. The molecule has 9 heteroatoms. The van der Waals surface area contributed by atoms with Crippen LogP contribution in [0.25, 0.3) is 0 Å². The molecule has 0 aliphatic carbocycles. The van der Waals surface area contributed by atoms with Gasteiger partial charge in [-0.2, -0.15) is 0 Å². The minimum atomic E-state index is -3.07. The van der Waals surface area contributed by atoms with Crippen LogP contribution in [0.2, 0.25) is 0 Å². The van der Waals surface area contributed by atoms with E-state index in [9.17, 15) is 14.4 Å². The standard InChI is InChI=1S/C20H12Br4O4S/c1-29(27)17-5-3-2-4-12(17)20(28-29,10-6-13(21)18(25)14(22)7-10)11-8-15(23)19(26)16(24)9-11/h2-9,25-26H,1H2. The second-order valence-corrected chi connectivity index (χ2v) is 11.7. The molecule has 0 amide bonds. The Labute approximate surface area is 201 Å². The molecule has 4 rings (SSSR count). The summed E-state index contributed by atoms with van der Waals surface area (Å²) in [7, 11) is -3.07. The number of phenols is 2. The van der Waals surface area contributed by atoms with Crippen LogP contribution in [0.3, 0.4) is 0 Å². The van der Waals surface area contributed by atoms with Gasteiger partial charge in [-0.05, 0) is 111 Å². The molecule has 29 heavy (non-hydrogen) atoms. The highest BCUT2D eigenvalue weighted by Crippen LogP contribution is 2.53. The van der Waals surface area contributed by atoms with Gasteiger partial charge in [0, 0.05) is 5.56 Å². The Balaban J connectivity index is 2.16. The van der Waals surface area contributed by atoms with Crippen LogP contribution < -0.4 is 0 Å². The zero-order valence-corrected chi connectivity index (χ0v) is 21.6. The summed E-state index contributed by atoms with van der Waals surface area (Å²) in [6.45, 7) is 0. The van der Waals surface area contributed by atoms with E-state index >= 15 is 0 Å². The lowest BCUT2D eigenvalue weighted by Gasteiger charge is -2.31. The molecule has 0 radical (unpaired) electrons. The van der Waals surface area contributed by atoms with Crippen molar-refractivity contribution in [1.29, 1.82) is 0 Å². The number of rotatable bonds is 2. The Bertz CT molecular complexity index is 1170. The average molecular weight is 668 g/mol. The quantitative estimate of drug-likeness (QED) is 0.308. The SMILES string of the molecule is C=S1(=O)OC(c2cc(Br)c(O)c(Br)c2)(c2cc(Br)c(O)c(Br)c2)c2ccccc21. The lowest BCUT2D eigenvalue weighted by atomic mass is 9.80. The Morgan fingerprint density at radius 2 is 1.24 bits per heavy atom. The van der Waals surface area contributed by atoms with E-state index in [0.717, 1.165) is 0 Å². The van der Waals surface area contributed by atoms with Crippen LogP contribution in [0.1, 0.15) is 16.7 Å². The molecule has 4 nitrogen and oxygen atoms in total. The largest absolute Gasteiger partial charge is 0.506 e. The number of fused-ring (bicyclic) bond motifs is 1. The molecule has 3 aromatic rings. The minimum absolute atomic E-state index is 0.0404. The molecule has 0 spiro atoms. The fraction of sp³-hybridized carbons (Fsp3) is 0.0500. The van der Waals surface area contributed by atoms with E-state index in [4.69, 9.17) is 4.18 Å². The van der Waals surface area contributed by atoms with Crippen molar-refractivity contribution >= 4 is 79.4 Å². The summed E-state index contributed by atoms with van der Waals surface area (Å²) in [6, 6.07) is 14.1. The van der Waals surface area contributed by atoms with E-state index in [1.165, 1.54) is 0 Å². The monoisotopic (exact) mass is 664 g/mol. The van der Waals surface area contributed by atoms with E-state index in [-0.39, 0.29) is 11.5 Å². The molecule has 0 saturated heterocycles. The normalized spacial score (nSPS) is 19.9. The van der Waals surface area contributed by atoms with Crippen molar-refractivity contribution in [1.82, 2.24) is 0 Å². The summed E-state index contributed by atoms with van der Waals surface area (Å²) in [5.41, 5.74) is 0.640. The van der Waals surface area contributed by atoms with Crippen LogP contribution in [-0.2, 0) is 19.6 Å². The van der Waals surface area contributed by atoms with Crippen LogP contribution in [0.5, 0.6) is 11.5 Å². The first-order chi connectivity index (χ1) is 13.6. The van der Waals surface area contributed by atoms with Gasteiger partial charge in [0.05, 0.1) is 22.8 Å². The second-order valence-electron chi connectivity index (χ2n) is 6.45. The molecule has 1 heterocycles. The lowest BCUT2D eigenvalue weighted by molar-refractivity contribution is 0.191. The molecule has 150 valence electrons. The summed E-state index contributed by atoms with van der Waals surface area (Å²) < 4.78 is 21.4. The van der Waals surface area contributed by atoms with E-state index in [0.29, 0.717) is 39.5 Å². The maximum atomic E-state index is 13.4. The zero-order valence-electron chi connectivity index (χ0n) is 14.5. The van der Waals surface area contributed by atoms with Crippen LogP contribution >= 0.6 is 63.7 Å². The number of phenolic OH excluding ortho intramolecular Hbond substituents is 2. The van der Waals surface area contributed by atoms with Crippen LogP contribution in [0.4, 0.5) is 0 Å². The molecule has 1 unspecified atom stereocenters. The lowest BCUT2D eigenvalue weighted by Crippen LogP contribution is -2.29. The van der Waals surface area contributed by atoms with Crippen molar-refractivity contribution in [2.45, 2.75) is 10.5 Å². The number of halogens is 4. The van der Waals surface area contributed by atoms with Crippen molar-refractivity contribution < 1.29 is 18.6 Å². The van der Waals surface area contributed by atoms with Crippen molar-refractivity contribution in [3.8, 4) is 11.5 Å². The smallest absolute Gasteiger partial charge is 0.161 e. The molecule has 1 aliphatic heterocycles. The Kier molecular flexibility index (Phi) is 5.45. The highest BCUT2D eigenvalue weighted by molar-refractivity contribution is 9.11. The molecule has 0 bridgehead atoms. The third kappa shape index (κ3) is 3.30. The second kappa shape index (κ2) is 7.39. The van der Waals surface area contributed by atoms with Crippen molar-refractivity contribution in [3.05, 3.63) is 83.1 Å². The molecule has 1 aliphatic rings. The van der Waals surface area contributed by atoms with Crippen molar-refractivity contribution in [2.24, 2.45) is 0 Å². The fourth-order valence-electron chi connectivity index (χ4n) is 3.43.